The van der Waals surface area contributed by atoms with Gasteiger partial charge >= 0.3 is 0 Å². The second-order valence-corrected chi connectivity index (χ2v) is 4.12. The van der Waals surface area contributed by atoms with Gasteiger partial charge in [0, 0.05) is 5.92 Å². The maximum absolute atomic E-state index is 10.2. The van der Waals surface area contributed by atoms with E-state index in [0.717, 1.165) is 12.7 Å². The maximum Gasteiger partial charge on any atom is 0.123 e. The van der Waals surface area contributed by atoms with Crippen molar-refractivity contribution in [1.82, 2.24) is 0 Å². The number of aldehydes is 1. The minimum Gasteiger partial charge on any atom is -0.303 e. The number of hydrogen-bond donors (Lipinski definition) is 0. The Morgan fingerprint density at radius 1 is 1.36 bits per heavy atom. The lowest BCUT2D eigenvalue weighted by atomic mass is 9.95. The summed E-state index contributed by atoms with van der Waals surface area (Å²) in [5.41, 5.74) is 0.239. The zero-order valence-corrected chi connectivity index (χ0v) is 7.92. The predicted octanol–water partition coefficient (Wildman–Crippen LogP) is 2.81. The lowest BCUT2D eigenvalue weighted by molar-refractivity contribution is -0.110. The molecule has 1 atom stereocenters. The zero-order chi connectivity index (χ0) is 8.91. The van der Waals surface area contributed by atoms with Gasteiger partial charge in [-0.3, -0.25) is 0 Å². The largest absolute Gasteiger partial charge is 0.303 e. The number of rotatable bonds is 3. The molecule has 0 heterocycles. The molecule has 1 heteroatoms. The molecular formula is C10H18O. The summed E-state index contributed by atoms with van der Waals surface area (Å²) >= 11 is 0. The standard InChI is InChI=1S/C10H18O/c1-9(8-11)6-5-7-10(2,3)4/h5,7-9H,6H2,1-4H3/b7-5+. The molecule has 0 N–H and O–H groups in total. The normalized spacial score (nSPS) is 15.3. The van der Waals surface area contributed by atoms with E-state index in [1.165, 1.54) is 0 Å². The van der Waals surface area contributed by atoms with Crippen LogP contribution in [0.15, 0.2) is 12.2 Å². The van der Waals surface area contributed by atoms with Crippen LogP contribution >= 0.6 is 0 Å². The van der Waals surface area contributed by atoms with Crippen molar-refractivity contribution in [2.45, 2.75) is 34.1 Å². The first kappa shape index (κ1) is 10.4. The van der Waals surface area contributed by atoms with E-state index in [-0.39, 0.29) is 11.3 Å². The van der Waals surface area contributed by atoms with Crippen LogP contribution in [0.2, 0.25) is 0 Å². The average Bonchev–Trinajstić information content (AvgIpc) is 1.85. The van der Waals surface area contributed by atoms with Gasteiger partial charge in [-0.1, -0.05) is 39.8 Å². The molecule has 11 heavy (non-hydrogen) atoms. The van der Waals surface area contributed by atoms with Crippen LogP contribution in [0.4, 0.5) is 0 Å². The van der Waals surface area contributed by atoms with E-state index < -0.39 is 0 Å². The van der Waals surface area contributed by atoms with Crippen molar-refractivity contribution in [3.63, 3.8) is 0 Å². The highest BCUT2D eigenvalue weighted by Crippen LogP contribution is 2.15. The van der Waals surface area contributed by atoms with Gasteiger partial charge in [-0.2, -0.15) is 0 Å². The molecule has 0 aromatic rings. The van der Waals surface area contributed by atoms with Crippen molar-refractivity contribution in [2.75, 3.05) is 0 Å². The van der Waals surface area contributed by atoms with Gasteiger partial charge in [0.15, 0.2) is 0 Å². The monoisotopic (exact) mass is 154 g/mol. The van der Waals surface area contributed by atoms with Crippen molar-refractivity contribution in [3.05, 3.63) is 12.2 Å². The average molecular weight is 154 g/mol. The van der Waals surface area contributed by atoms with Gasteiger partial charge in [0.1, 0.15) is 6.29 Å². The first-order valence-corrected chi connectivity index (χ1v) is 4.08. The predicted molar refractivity (Wildman–Crippen MR) is 48.4 cm³/mol. The molecule has 0 aromatic carbocycles. The summed E-state index contributed by atoms with van der Waals surface area (Å²) in [6, 6.07) is 0. The van der Waals surface area contributed by atoms with E-state index in [0.29, 0.717) is 0 Å². The summed E-state index contributed by atoms with van der Waals surface area (Å²) < 4.78 is 0. The van der Waals surface area contributed by atoms with Gasteiger partial charge < -0.3 is 4.79 Å². The Bertz CT molecular complexity index is 139. The molecule has 0 aliphatic carbocycles. The molecule has 0 rings (SSSR count). The Hall–Kier alpha value is -0.590. The van der Waals surface area contributed by atoms with Crippen LogP contribution in [0.5, 0.6) is 0 Å². The topological polar surface area (TPSA) is 17.1 Å². The molecule has 0 spiro atoms. The van der Waals surface area contributed by atoms with E-state index in [1.54, 1.807) is 0 Å². The summed E-state index contributed by atoms with van der Waals surface area (Å²) in [6.45, 7) is 8.37. The molecule has 0 aromatic heterocycles. The Labute approximate surface area is 69.5 Å². The summed E-state index contributed by atoms with van der Waals surface area (Å²) in [6.07, 6.45) is 6.08. The number of carbonyl (C=O) groups is 1. The Morgan fingerprint density at radius 3 is 2.27 bits per heavy atom. The van der Waals surface area contributed by atoms with Crippen molar-refractivity contribution in [1.29, 1.82) is 0 Å². The first-order chi connectivity index (χ1) is 4.95. The minimum absolute atomic E-state index is 0.161. The second-order valence-electron chi connectivity index (χ2n) is 4.12. The minimum atomic E-state index is 0.161. The molecule has 1 unspecified atom stereocenters. The molecule has 0 aliphatic rings. The van der Waals surface area contributed by atoms with Crippen molar-refractivity contribution >= 4 is 6.29 Å². The van der Waals surface area contributed by atoms with E-state index in [1.807, 2.05) is 6.92 Å². The van der Waals surface area contributed by atoms with Gasteiger partial charge in [0.25, 0.3) is 0 Å². The Balaban J connectivity index is 3.69. The number of carbonyl (C=O) groups excluding carboxylic acids is 1. The first-order valence-electron chi connectivity index (χ1n) is 4.08. The van der Waals surface area contributed by atoms with Gasteiger partial charge in [-0.25, -0.2) is 0 Å². The fourth-order valence-electron chi connectivity index (χ4n) is 0.692. The third-order valence-electron chi connectivity index (χ3n) is 1.36. The molecule has 64 valence electrons. The Kier molecular flexibility index (Phi) is 4.09. The third-order valence-corrected chi connectivity index (χ3v) is 1.36. The SMILES string of the molecule is CC(C=O)C/C=C/C(C)(C)C. The molecule has 0 amide bonds. The second kappa shape index (κ2) is 4.32. The maximum atomic E-state index is 10.2. The molecule has 0 radical (unpaired) electrons. The third kappa shape index (κ3) is 7.31. The van der Waals surface area contributed by atoms with Crippen LogP contribution in [0.25, 0.3) is 0 Å². The molecule has 0 saturated heterocycles. The fourth-order valence-corrected chi connectivity index (χ4v) is 0.692. The van der Waals surface area contributed by atoms with E-state index in [9.17, 15) is 4.79 Å². The summed E-state index contributed by atoms with van der Waals surface area (Å²) in [5.74, 6) is 0.161. The highest BCUT2D eigenvalue weighted by atomic mass is 16.1. The lowest BCUT2D eigenvalue weighted by Gasteiger charge is -2.11. The molecule has 0 bridgehead atoms. The summed E-state index contributed by atoms with van der Waals surface area (Å²) in [4.78, 5) is 10.2. The highest BCUT2D eigenvalue weighted by molar-refractivity contribution is 5.52. The van der Waals surface area contributed by atoms with Crippen molar-refractivity contribution in [3.8, 4) is 0 Å². The van der Waals surface area contributed by atoms with E-state index >= 15 is 0 Å². The van der Waals surface area contributed by atoms with Crippen LogP contribution in [0, 0.1) is 11.3 Å². The molecule has 0 aliphatic heterocycles. The molecular weight excluding hydrogens is 136 g/mol. The van der Waals surface area contributed by atoms with Gasteiger partial charge in [-0.15, -0.1) is 0 Å². The van der Waals surface area contributed by atoms with Crippen molar-refractivity contribution in [2.24, 2.45) is 11.3 Å². The van der Waals surface area contributed by atoms with E-state index in [2.05, 4.69) is 32.9 Å². The van der Waals surface area contributed by atoms with Gasteiger partial charge in [0.05, 0.1) is 0 Å². The molecule has 0 saturated carbocycles. The van der Waals surface area contributed by atoms with Crippen LogP contribution in [-0.2, 0) is 4.79 Å². The van der Waals surface area contributed by atoms with Crippen LogP contribution < -0.4 is 0 Å². The zero-order valence-electron chi connectivity index (χ0n) is 7.92. The number of hydrogen-bond acceptors (Lipinski definition) is 1. The molecule has 0 fully saturated rings. The Morgan fingerprint density at radius 2 is 1.91 bits per heavy atom. The summed E-state index contributed by atoms with van der Waals surface area (Å²) in [7, 11) is 0. The van der Waals surface area contributed by atoms with Crippen LogP contribution in [0.3, 0.4) is 0 Å². The van der Waals surface area contributed by atoms with Crippen LogP contribution in [0.1, 0.15) is 34.1 Å². The van der Waals surface area contributed by atoms with Gasteiger partial charge in [-0.05, 0) is 11.8 Å². The van der Waals surface area contributed by atoms with Crippen molar-refractivity contribution < 1.29 is 4.79 Å². The van der Waals surface area contributed by atoms with Gasteiger partial charge in [0.2, 0.25) is 0 Å². The lowest BCUT2D eigenvalue weighted by Crippen LogP contribution is -1.99. The summed E-state index contributed by atoms with van der Waals surface area (Å²) in [5, 5.41) is 0. The fraction of sp³-hybridized carbons (Fsp3) is 0.700. The highest BCUT2D eigenvalue weighted by Gasteiger charge is 2.03. The smallest absolute Gasteiger partial charge is 0.123 e. The molecule has 1 nitrogen and oxygen atoms in total. The number of allylic oxidation sites excluding steroid dienone is 2. The van der Waals surface area contributed by atoms with Crippen LogP contribution in [-0.4, -0.2) is 6.29 Å². The quantitative estimate of drug-likeness (QED) is 0.451. The van der Waals surface area contributed by atoms with E-state index in [4.69, 9.17) is 0 Å².